The number of benzene rings is 1. The quantitative estimate of drug-likeness (QED) is 0.925. The Labute approximate surface area is 118 Å². The molecule has 2 aromatic rings. The summed E-state index contributed by atoms with van der Waals surface area (Å²) in [6, 6.07) is 10.9. The average Bonchev–Trinajstić information content (AvgIpc) is 3.05. The maximum Gasteiger partial charge on any atom is 0.122 e. The van der Waals surface area contributed by atoms with E-state index >= 15 is 0 Å². The Balaban J connectivity index is 1.74. The molecule has 0 aliphatic carbocycles. The number of rotatable bonds is 4. The van der Waals surface area contributed by atoms with E-state index in [2.05, 4.69) is 37.3 Å². The number of aryl methyl sites for hydroxylation is 1. The van der Waals surface area contributed by atoms with Gasteiger partial charge < -0.3 is 10.5 Å². The molecule has 1 aliphatic heterocycles. The van der Waals surface area contributed by atoms with E-state index < -0.39 is 0 Å². The van der Waals surface area contributed by atoms with Crippen molar-refractivity contribution in [2.75, 3.05) is 6.61 Å². The fourth-order valence-corrected chi connectivity index (χ4v) is 3.51. The Morgan fingerprint density at radius 2 is 2.11 bits per heavy atom. The summed E-state index contributed by atoms with van der Waals surface area (Å²) >= 11 is 1.88. The molecule has 2 N–H and O–H groups in total. The second-order valence-corrected chi connectivity index (χ2v) is 6.25. The average molecular weight is 273 g/mol. The number of thiophene rings is 1. The lowest BCUT2D eigenvalue weighted by Gasteiger charge is -2.12. The molecule has 0 saturated heterocycles. The lowest BCUT2D eigenvalue weighted by atomic mass is 10.0. The molecule has 1 aromatic carbocycles. The van der Waals surface area contributed by atoms with Gasteiger partial charge in [-0.3, -0.25) is 0 Å². The molecule has 0 bridgehead atoms. The zero-order valence-corrected chi connectivity index (χ0v) is 12.0. The molecule has 0 fully saturated rings. The Bertz CT molecular complexity index is 576. The summed E-state index contributed by atoms with van der Waals surface area (Å²) in [6.45, 7) is 2.99. The van der Waals surface area contributed by atoms with Gasteiger partial charge in [0, 0.05) is 28.6 Å². The minimum Gasteiger partial charge on any atom is -0.493 e. The van der Waals surface area contributed by atoms with E-state index in [4.69, 9.17) is 10.5 Å². The van der Waals surface area contributed by atoms with E-state index in [-0.39, 0.29) is 6.04 Å². The third-order valence-corrected chi connectivity index (χ3v) is 4.88. The molecule has 2 heterocycles. The van der Waals surface area contributed by atoms with Crippen LogP contribution in [0.5, 0.6) is 5.75 Å². The number of hydrogen-bond acceptors (Lipinski definition) is 3. The van der Waals surface area contributed by atoms with Crippen molar-refractivity contribution < 1.29 is 4.74 Å². The van der Waals surface area contributed by atoms with Crippen LogP contribution < -0.4 is 10.5 Å². The minimum atomic E-state index is 0.0780. The van der Waals surface area contributed by atoms with Gasteiger partial charge in [0.1, 0.15) is 5.75 Å². The van der Waals surface area contributed by atoms with Gasteiger partial charge in [0.15, 0.2) is 0 Å². The van der Waals surface area contributed by atoms with Crippen molar-refractivity contribution in [3.05, 3.63) is 51.2 Å². The highest BCUT2D eigenvalue weighted by Gasteiger charge is 2.15. The normalized spacial score (nSPS) is 15.1. The van der Waals surface area contributed by atoms with E-state index in [0.29, 0.717) is 0 Å². The fourth-order valence-electron chi connectivity index (χ4n) is 2.49. The van der Waals surface area contributed by atoms with Crippen LogP contribution in [-0.2, 0) is 19.3 Å². The van der Waals surface area contributed by atoms with Crippen molar-refractivity contribution in [3.63, 3.8) is 0 Å². The van der Waals surface area contributed by atoms with Crippen LogP contribution in [0.15, 0.2) is 30.3 Å². The van der Waals surface area contributed by atoms with Gasteiger partial charge in [-0.2, -0.15) is 0 Å². The highest BCUT2D eigenvalue weighted by Crippen LogP contribution is 2.29. The SMILES string of the molecule is CCc1ccc(CC(N)c2ccc3c(c2)CCO3)s1. The maximum absolute atomic E-state index is 6.34. The van der Waals surface area contributed by atoms with Gasteiger partial charge in [-0.1, -0.05) is 19.1 Å². The Morgan fingerprint density at radius 3 is 2.89 bits per heavy atom. The molecular formula is C16H19NOS. The minimum absolute atomic E-state index is 0.0780. The number of nitrogens with two attached hydrogens (primary N) is 1. The highest BCUT2D eigenvalue weighted by molar-refractivity contribution is 7.11. The van der Waals surface area contributed by atoms with E-state index in [9.17, 15) is 0 Å². The van der Waals surface area contributed by atoms with Gasteiger partial charge >= 0.3 is 0 Å². The number of fused-ring (bicyclic) bond motifs is 1. The maximum atomic E-state index is 6.34. The molecule has 0 spiro atoms. The third kappa shape index (κ3) is 2.67. The fraction of sp³-hybridized carbons (Fsp3) is 0.375. The van der Waals surface area contributed by atoms with Crippen molar-refractivity contribution in [1.29, 1.82) is 0 Å². The molecule has 3 heteroatoms. The van der Waals surface area contributed by atoms with Crippen LogP contribution in [0.25, 0.3) is 0 Å². The smallest absolute Gasteiger partial charge is 0.122 e. The van der Waals surface area contributed by atoms with Crippen LogP contribution >= 0.6 is 11.3 Å². The van der Waals surface area contributed by atoms with Gasteiger partial charge in [-0.05, 0) is 35.7 Å². The molecule has 0 radical (unpaired) electrons. The predicted octanol–water partition coefficient (Wildman–Crippen LogP) is 3.49. The molecule has 1 unspecified atom stereocenters. The predicted molar refractivity (Wildman–Crippen MR) is 80.0 cm³/mol. The van der Waals surface area contributed by atoms with Crippen LogP contribution in [0.1, 0.15) is 33.8 Å². The zero-order valence-electron chi connectivity index (χ0n) is 11.2. The molecular weight excluding hydrogens is 254 g/mol. The number of hydrogen-bond donors (Lipinski definition) is 1. The van der Waals surface area contributed by atoms with Crippen molar-refractivity contribution in [3.8, 4) is 5.75 Å². The molecule has 0 amide bonds. The number of ether oxygens (including phenoxy) is 1. The van der Waals surface area contributed by atoms with Crippen molar-refractivity contribution in [1.82, 2.24) is 0 Å². The second-order valence-electron chi connectivity index (χ2n) is 5.00. The molecule has 1 aromatic heterocycles. The highest BCUT2D eigenvalue weighted by atomic mass is 32.1. The first kappa shape index (κ1) is 12.7. The Morgan fingerprint density at radius 1 is 1.26 bits per heavy atom. The lowest BCUT2D eigenvalue weighted by Crippen LogP contribution is -2.12. The van der Waals surface area contributed by atoms with Crippen LogP contribution in [0, 0.1) is 0 Å². The molecule has 100 valence electrons. The van der Waals surface area contributed by atoms with Crippen LogP contribution in [-0.4, -0.2) is 6.61 Å². The molecule has 1 aliphatic rings. The lowest BCUT2D eigenvalue weighted by molar-refractivity contribution is 0.357. The monoisotopic (exact) mass is 273 g/mol. The van der Waals surface area contributed by atoms with E-state index in [1.165, 1.54) is 20.9 Å². The third-order valence-electron chi connectivity index (χ3n) is 3.63. The largest absolute Gasteiger partial charge is 0.493 e. The standard InChI is InChI=1S/C16H19NOS/c1-2-13-4-5-14(19-13)10-15(17)11-3-6-16-12(9-11)7-8-18-16/h3-6,9,15H,2,7-8,10,17H2,1H3. The van der Waals surface area contributed by atoms with Crippen LogP contribution in [0.3, 0.4) is 0 Å². The first-order chi connectivity index (χ1) is 9.26. The summed E-state index contributed by atoms with van der Waals surface area (Å²) in [4.78, 5) is 2.81. The summed E-state index contributed by atoms with van der Waals surface area (Å²) in [6.07, 6.45) is 3.04. The van der Waals surface area contributed by atoms with E-state index in [1.54, 1.807) is 0 Å². The summed E-state index contributed by atoms with van der Waals surface area (Å²) < 4.78 is 5.53. The molecule has 0 saturated carbocycles. The summed E-state index contributed by atoms with van der Waals surface area (Å²) in [5, 5.41) is 0. The van der Waals surface area contributed by atoms with Crippen molar-refractivity contribution in [2.24, 2.45) is 5.73 Å². The van der Waals surface area contributed by atoms with Gasteiger partial charge in [0.05, 0.1) is 6.61 Å². The van der Waals surface area contributed by atoms with E-state index in [0.717, 1.165) is 31.6 Å². The molecule has 19 heavy (non-hydrogen) atoms. The molecule has 1 atom stereocenters. The van der Waals surface area contributed by atoms with Gasteiger partial charge in [-0.15, -0.1) is 11.3 Å². The second kappa shape index (κ2) is 5.35. The Hall–Kier alpha value is -1.32. The van der Waals surface area contributed by atoms with Gasteiger partial charge in [-0.25, -0.2) is 0 Å². The van der Waals surface area contributed by atoms with E-state index in [1.807, 2.05) is 11.3 Å². The van der Waals surface area contributed by atoms with Crippen LogP contribution in [0.4, 0.5) is 0 Å². The first-order valence-corrected chi connectivity index (χ1v) is 7.66. The van der Waals surface area contributed by atoms with Gasteiger partial charge in [0.25, 0.3) is 0 Å². The van der Waals surface area contributed by atoms with Gasteiger partial charge in [0.2, 0.25) is 0 Å². The van der Waals surface area contributed by atoms with Crippen LogP contribution in [0.2, 0.25) is 0 Å². The summed E-state index contributed by atoms with van der Waals surface area (Å²) in [5.74, 6) is 1.03. The topological polar surface area (TPSA) is 35.2 Å². The molecule has 2 nitrogen and oxygen atoms in total. The van der Waals surface area contributed by atoms with Crippen molar-refractivity contribution in [2.45, 2.75) is 32.2 Å². The zero-order chi connectivity index (χ0) is 13.2. The first-order valence-electron chi connectivity index (χ1n) is 6.85. The Kier molecular flexibility index (Phi) is 3.58. The summed E-state index contributed by atoms with van der Waals surface area (Å²) in [7, 11) is 0. The molecule has 3 rings (SSSR count). The van der Waals surface area contributed by atoms with Crippen molar-refractivity contribution >= 4 is 11.3 Å². The summed E-state index contributed by atoms with van der Waals surface area (Å²) in [5.41, 5.74) is 8.86.